The monoisotopic (exact) mass is 242 g/mol. The van der Waals surface area contributed by atoms with Crippen LogP contribution in [0.25, 0.3) is 10.4 Å². The van der Waals surface area contributed by atoms with E-state index in [1.54, 1.807) is 0 Å². The second-order valence-electron chi connectivity index (χ2n) is 2.85. The van der Waals surface area contributed by atoms with Crippen molar-refractivity contribution in [2.24, 2.45) is 0 Å². The van der Waals surface area contributed by atoms with Gasteiger partial charge in [0.25, 0.3) is 4.06 Å². The van der Waals surface area contributed by atoms with Crippen LogP contribution in [0, 0.1) is 6.92 Å². The molecule has 0 spiro atoms. The molecule has 0 fully saturated rings. The van der Waals surface area contributed by atoms with Gasteiger partial charge in [0.1, 0.15) is 0 Å². The van der Waals surface area contributed by atoms with Crippen molar-refractivity contribution in [3.05, 3.63) is 43.0 Å². The Hall–Kier alpha value is -0.640. The predicted octanol–water partition coefficient (Wildman–Crippen LogP) is 3.80. The molecular formula is C10H7ClOS2. The molecule has 1 aromatic heterocycles. The Kier molecular flexibility index (Phi) is 2.72. The highest BCUT2D eigenvalue weighted by molar-refractivity contribution is 7.29. The van der Waals surface area contributed by atoms with Crippen LogP contribution in [0.15, 0.2) is 29.1 Å². The Balaban J connectivity index is 2.54. The molecule has 0 saturated heterocycles. The zero-order chi connectivity index (χ0) is 10.1. The summed E-state index contributed by atoms with van der Waals surface area (Å²) in [7, 11) is 0. The van der Waals surface area contributed by atoms with Gasteiger partial charge in [-0.1, -0.05) is 46.4 Å². The molecule has 0 radical (unpaired) electrons. The Morgan fingerprint density at radius 3 is 2.29 bits per heavy atom. The Labute approximate surface area is 94.6 Å². The van der Waals surface area contributed by atoms with Crippen LogP contribution in [-0.2, 0) is 0 Å². The second kappa shape index (κ2) is 3.85. The van der Waals surface area contributed by atoms with Crippen molar-refractivity contribution in [1.29, 1.82) is 0 Å². The van der Waals surface area contributed by atoms with E-state index in [0.29, 0.717) is 5.02 Å². The first-order chi connectivity index (χ1) is 6.66. The maximum atomic E-state index is 11.2. The van der Waals surface area contributed by atoms with Gasteiger partial charge in [0.15, 0.2) is 0 Å². The van der Waals surface area contributed by atoms with Crippen LogP contribution in [-0.4, -0.2) is 0 Å². The first kappa shape index (κ1) is 9.90. The van der Waals surface area contributed by atoms with Gasteiger partial charge in [-0.2, -0.15) is 0 Å². The Morgan fingerprint density at radius 2 is 1.79 bits per heavy atom. The van der Waals surface area contributed by atoms with Gasteiger partial charge >= 0.3 is 0 Å². The number of halogens is 1. The summed E-state index contributed by atoms with van der Waals surface area (Å²) in [5.74, 6) is 0. The van der Waals surface area contributed by atoms with E-state index in [0.717, 1.165) is 15.3 Å². The van der Waals surface area contributed by atoms with E-state index in [1.807, 2.05) is 31.2 Å². The highest BCUT2D eigenvalue weighted by Crippen LogP contribution is 2.29. The van der Waals surface area contributed by atoms with E-state index in [9.17, 15) is 4.79 Å². The molecular weight excluding hydrogens is 236 g/mol. The fourth-order valence-corrected chi connectivity index (χ4v) is 3.40. The zero-order valence-corrected chi connectivity index (χ0v) is 9.80. The molecule has 0 unspecified atom stereocenters. The molecule has 1 nitrogen and oxygen atoms in total. The summed E-state index contributed by atoms with van der Waals surface area (Å²) in [5.41, 5.74) is 1.07. The van der Waals surface area contributed by atoms with Gasteiger partial charge in [-0.05, 0) is 24.6 Å². The minimum Gasteiger partial charge on any atom is -0.265 e. The molecule has 2 rings (SSSR count). The van der Waals surface area contributed by atoms with Gasteiger partial charge < -0.3 is 0 Å². The molecule has 0 saturated carbocycles. The quantitative estimate of drug-likeness (QED) is 0.744. The zero-order valence-electron chi connectivity index (χ0n) is 7.41. The number of rotatable bonds is 1. The van der Waals surface area contributed by atoms with Gasteiger partial charge in [0.2, 0.25) is 0 Å². The lowest BCUT2D eigenvalue weighted by Gasteiger charge is -1.97. The highest BCUT2D eigenvalue weighted by atomic mass is 35.5. The van der Waals surface area contributed by atoms with E-state index >= 15 is 0 Å². The van der Waals surface area contributed by atoms with Crippen molar-refractivity contribution in [3.63, 3.8) is 0 Å². The lowest BCUT2D eigenvalue weighted by molar-refractivity contribution is 1.62. The van der Waals surface area contributed by atoms with Crippen molar-refractivity contribution < 1.29 is 0 Å². The fraction of sp³-hybridized carbons (Fsp3) is 0.100. The molecule has 0 bridgehead atoms. The number of hydrogen-bond acceptors (Lipinski definition) is 3. The molecule has 4 heteroatoms. The van der Waals surface area contributed by atoms with Crippen LogP contribution in [0.4, 0.5) is 0 Å². The number of aryl methyl sites for hydroxylation is 1. The maximum absolute atomic E-state index is 11.2. The van der Waals surface area contributed by atoms with Crippen molar-refractivity contribution in [1.82, 2.24) is 0 Å². The largest absolute Gasteiger partial charge is 0.288 e. The maximum Gasteiger partial charge on any atom is 0.288 e. The third-order valence-corrected chi connectivity index (χ3v) is 4.32. The molecule has 0 aliphatic rings. The van der Waals surface area contributed by atoms with Gasteiger partial charge in [-0.25, -0.2) is 0 Å². The normalized spacial score (nSPS) is 10.4. The summed E-state index contributed by atoms with van der Waals surface area (Å²) >= 11 is 8.38. The van der Waals surface area contributed by atoms with Gasteiger partial charge in [0, 0.05) is 9.90 Å². The predicted molar refractivity (Wildman–Crippen MR) is 63.6 cm³/mol. The van der Waals surface area contributed by atoms with Crippen molar-refractivity contribution in [2.45, 2.75) is 6.92 Å². The summed E-state index contributed by atoms with van der Waals surface area (Å²) in [4.78, 5) is 13.3. The van der Waals surface area contributed by atoms with Crippen LogP contribution < -0.4 is 4.06 Å². The third-order valence-electron chi connectivity index (χ3n) is 1.85. The van der Waals surface area contributed by atoms with Crippen LogP contribution in [0.3, 0.4) is 0 Å². The molecule has 0 aliphatic heterocycles. The first-order valence-electron chi connectivity index (χ1n) is 4.03. The summed E-state index contributed by atoms with van der Waals surface area (Å²) in [6, 6.07) is 7.55. The van der Waals surface area contributed by atoms with Crippen molar-refractivity contribution >= 4 is 34.3 Å². The van der Waals surface area contributed by atoms with E-state index in [2.05, 4.69) is 0 Å². The average Bonchev–Trinajstić information content (AvgIpc) is 2.47. The molecule has 14 heavy (non-hydrogen) atoms. The molecule has 0 aliphatic carbocycles. The SMILES string of the molecule is Cc1sc(=O)sc1-c1ccc(Cl)cc1. The summed E-state index contributed by atoms with van der Waals surface area (Å²) in [6.45, 7) is 1.96. The second-order valence-corrected chi connectivity index (χ2v) is 5.71. The van der Waals surface area contributed by atoms with Crippen molar-refractivity contribution in [3.8, 4) is 10.4 Å². The molecule has 1 aromatic carbocycles. The van der Waals surface area contributed by atoms with E-state index in [-0.39, 0.29) is 4.06 Å². The molecule has 0 N–H and O–H groups in total. The summed E-state index contributed by atoms with van der Waals surface area (Å²) in [5, 5.41) is 0.717. The third kappa shape index (κ3) is 1.90. The fourth-order valence-electron chi connectivity index (χ4n) is 1.21. The van der Waals surface area contributed by atoms with Crippen LogP contribution >= 0.6 is 34.3 Å². The Bertz CT molecular complexity index is 496. The molecule has 0 atom stereocenters. The van der Waals surface area contributed by atoms with E-state index < -0.39 is 0 Å². The number of benzene rings is 1. The average molecular weight is 243 g/mol. The highest BCUT2D eigenvalue weighted by Gasteiger charge is 2.06. The topological polar surface area (TPSA) is 17.1 Å². The van der Waals surface area contributed by atoms with E-state index in [1.165, 1.54) is 22.7 Å². The lowest BCUT2D eigenvalue weighted by Crippen LogP contribution is -1.75. The van der Waals surface area contributed by atoms with Crippen LogP contribution in [0.1, 0.15) is 4.88 Å². The number of hydrogen-bond donors (Lipinski definition) is 0. The molecule has 0 amide bonds. The van der Waals surface area contributed by atoms with Gasteiger partial charge in [0.05, 0.1) is 4.88 Å². The Morgan fingerprint density at radius 1 is 1.14 bits per heavy atom. The smallest absolute Gasteiger partial charge is 0.265 e. The molecule has 1 heterocycles. The van der Waals surface area contributed by atoms with Gasteiger partial charge in [-0.15, -0.1) is 0 Å². The van der Waals surface area contributed by atoms with Crippen molar-refractivity contribution in [2.75, 3.05) is 0 Å². The van der Waals surface area contributed by atoms with Crippen LogP contribution in [0.2, 0.25) is 5.02 Å². The molecule has 2 aromatic rings. The molecule has 72 valence electrons. The lowest BCUT2D eigenvalue weighted by atomic mass is 10.2. The van der Waals surface area contributed by atoms with Gasteiger partial charge in [-0.3, -0.25) is 4.79 Å². The van der Waals surface area contributed by atoms with Crippen LogP contribution in [0.5, 0.6) is 0 Å². The first-order valence-corrected chi connectivity index (χ1v) is 6.04. The minimum absolute atomic E-state index is 0.146. The minimum atomic E-state index is 0.146. The summed E-state index contributed by atoms with van der Waals surface area (Å²) < 4.78 is 0.146. The van der Waals surface area contributed by atoms with E-state index in [4.69, 9.17) is 11.6 Å². The standard InChI is InChI=1S/C10H7ClOS2/c1-6-9(14-10(12)13-6)7-2-4-8(11)5-3-7/h2-5H,1H3. The summed E-state index contributed by atoms with van der Waals surface area (Å²) in [6.07, 6.45) is 0.